The molecule has 0 radical (unpaired) electrons. The van der Waals surface area contributed by atoms with Gasteiger partial charge >= 0.3 is 0 Å². The summed E-state index contributed by atoms with van der Waals surface area (Å²) in [5.41, 5.74) is 6.69. The number of methoxy groups -OCH3 is 1. The zero-order valence-electron chi connectivity index (χ0n) is 9.01. The van der Waals surface area contributed by atoms with Crippen LogP contribution in [0.1, 0.15) is 0 Å². The number of anilines is 1. The molecule has 0 saturated heterocycles. The van der Waals surface area contributed by atoms with Gasteiger partial charge in [-0.1, -0.05) is 30.0 Å². The lowest BCUT2D eigenvalue weighted by Crippen LogP contribution is -1.90. The number of nitrogen functional groups attached to an aromatic ring is 1. The molecule has 2 aromatic rings. The third-order valence-corrected chi connectivity index (χ3v) is 3.27. The van der Waals surface area contributed by atoms with Crippen molar-refractivity contribution in [1.29, 1.82) is 0 Å². The summed E-state index contributed by atoms with van der Waals surface area (Å²) in [4.78, 5) is 2.19. The van der Waals surface area contributed by atoms with Crippen molar-refractivity contribution < 1.29 is 4.74 Å². The van der Waals surface area contributed by atoms with Crippen LogP contribution < -0.4 is 10.5 Å². The first-order valence-corrected chi connectivity index (χ1v) is 5.77. The highest BCUT2D eigenvalue weighted by atomic mass is 32.2. The fraction of sp³-hybridized carbons (Fsp3) is 0.0769. The largest absolute Gasteiger partial charge is 0.497 e. The second-order valence-corrected chi connectivity index (χ2v) is 4.43. The van der Waals surface area contributed by atoms with Crippen LogP contribution in [0, 0.1) is 0 Å². The molecule has 2 rings (SSSR count). The number of ether oxygens (including phenoxy) is 1. The monoisotopic (exact) mass is 231 g/mol. The number of rotatable bonds is 3. The van der Waals surface area contributed by atoms with Gasteiger partial charge in [-0.15, -0.1) is 0 Å². The summed E-state index contributed by atoms with van der Waals surface area (Å²) < 4.78 is 5.18. The third-order valence-electron chi connectivity index (χ3n) is 2.19. The molecule has 3 heteroatoms. The lowest BCUT2D eigenvalue weighted by atomic mass is 10.3. The molecule has 0 aliphatic heterocycles. The zero-order valence-corrected chi connectivity index (χ0v) is 9.83. The molecule has 0 aliphatic rings. The summed E-state index contributed by atoms with van der Waals surface area (Å²) in [6.07, 6.45) is 0. The standard InChI is InChI=1S/C13H13NOS/c1-15-10-7-8-12(14)13(9-10)16-11-5-3-2-4-6-11/h2-9H,14H2,1H3. The highest BCUT2D eigenvalue weighted by Gasteiger charge is 2.03. The molecule has 82 valence electrons. The maximum Gasteiger partial charge on any atom is 0.120 e. The van der Waals surface area contributed by atoms with Crippen molar-refractivity contribution in [2.24, 2.45) is 0 Å². The van der Waals surface area contributed by atoms with Gasteiger partial charge in [0.1, 0.15) is 5.75 Å². The summed E-state index contributed by atoms with van der Waals surface area (Å²) in [6, 6.07) is 15.8. The quantitative estimate of drug-likeness (QED) is 0.822. The van der Waals surface area contributed by atoms with E-state index >= 15 is 0 Å². The summed E-state index contributed by atoms with van der Waals surface area (Å²) in [6.45, 7) is 0. The Labute approximate surface area is 99.4 Å². The first-order valence-electron chi connectivity index (χ1n) is 4.96. The fourth-order valence-electron chi connectivity index (χ4n) is 1.35. The van der Waals surface area contributed by atoms with Gasteiger partial charge in [-0.25, -0.2) is 0 Å². The Morgan fingerprint density at radius 1 is 1.06 bits per heavy atom. The van der Waals surface area contributed by atoms with Crippen LogP contribution in [-0.4, -0.2) is 7.11 Å². The number of nitrogens with two attached hydrogens (primary N) is 1. The van der Waals surface area contributed by atoms with Crippen molar-refractivity contribution in [3.05, 3.63) is 48.5 Å². The number of hydrogen-bond donors (Lipinski definition) is 1. The minimum atomic E-state index is 0.773. The molecule has 0 aromatic heterocycles. The predicted molar refractivity (Wildman–Crippen MR) is 68.0 cm³/mol. The van der Waals surface area contributed by atoms with E-state index in [-0.39, 0.29) is 0 Å². The summed E-state index contributed by atoms with van der Waals surface area (Å²) >= 11 is 1.64. The molecule has 2 aromatic carbocycles. The van der Waals surface area contributed by atoms with Crippen molar-refractivity contribution in [2.75, 3.05) is 12.8 Å². The van der Waals surface area contributed by atoms with Crippen LogP contribution in [0.5, 0.6) is 5.75 Å². The minimum Gasteiger partial charge on any atom is -0.497 e. The smallest absolute Gasteiger partial charge is 0.120 e. The van der Waals surface area contributed by atoms with Crippen molar-refractivity contribution >= 4 is 17.4 Å². The molecule has 0 unspecified atom stereocenters. The third kappa shape index (κ3) is 2.49. The van der Waals surface area contributed by atoms with Crippen molar-refractivity contribution in [1.82, 2.24) is 0 Å². The molecule has 2 nitrogen and oxygen atoms in total. The van der Waals surface area contributed by atoms with E-state index in [2.05, 4.69) is 12.1 Å². The van der Waals surface area contributed by atoms with Crippen molar-refractivity contribution in [3.63, 3.8) is 0 Å². The molecule has 0 saturated carbocycles. The van der Waals surface area contributed by atoms with E-state index in [1.807, 2.05) is 36.4 Å². The van der Waals surface area contributed by atoms with Gasteiger partial charge in [0.25, 0.3) is 0 Å². The van der Waals surface area contributed by atoms with Crippen LogP contribution in [-0.2, 0) is 0 Å². The summed E-state index contributed by atoms with van der Waals surface area (Å²) in [5.74, 6) is 0.827. The fourth-order valence-corrected chi connectivity index (χ4v) is 2.25. The number of hydrogen-bond acceptors (Lipinski definition) is 3. The van der Waals surface area contributed by atoms with Gasteiger partial charge in [0.15, 0.2) is 0 Å². The minimum absolute atomic E-state index is 0.773. The van der Waals surface area contributed by atoms with Crippen LogP contribution in [0.4, 0.5) is 5.69 Å². The molecule has 16 heavy (non-hydrogen) atoms. The first-order chi connectivity index (χ1) is 7.79. The van der Waals surface area contributed by atoms with E-state index in [4.69, 9.17) is 10.5 Å². The molecule has 0 amide bonds. The highest BCUT2D eigenvalue weighted by molar-refractivity contribution is 7.99. The molecule has 0 fully saturated rings. The Morgan fingerprint density at radius 3 is 2.50 bits per heavy atom. The van der Waals surface area contributed by atoms with Crippen LogP contribution in [0.2, 0.25) is 0 Å². The van der Waals surface area contributed by atoms with E-state index in [9.17, 15) is 0 Å². The lowest BCUT2D eigenvalue weighted by Gasteiger charge is -2.07. The van der Waals surface area contributed by atoms with Gasteiger partial charge < -0.3 is 10.5 Å². The average molecular weight is 231 g/mol. The van der Waals surface area contributed by atoms with Crippen LogP contribution in [0.25, 0.3) is 0 Å². The van der Waals surface area contributed by atoms with E-state index in [1.54, 1.807) is 18.9 Å². The van der Waals surface area contributed by atoms with Gasteiger partial charge in [0, 0.05) is 15.5 Å². The Kier molecular flexibility index (Phi) is 3.37. The van der Waals surface area contributed by atoms with E-state index in [1.165, 1.54) is 4.90 Å². The second kappa shape index (κ2) is 4.94. The molecular weight excluding hydrogens is 218 g/mol. The van der Waals surface area contributed by atoms with E-state index in [0.717, 1.165) is 16.3 Å². The number of benzene rings is 2. The molecule has 0 bridgehead atoms. The Balaban J connectivity index is 2.27. The molecule has 0 heterocycles. The lowest BCUT2D eigenvalue weighted by molar-refractivity contribution is 0.414. The Morgan fingerprint density at radius 2 is 1.81 bits per heavy atom. The molecule has 0 aliphatic carbocycles. The zero-order chi connectivity index (χ0) is 11.4. The van der Waals surface area contributed by atoms with E-state index < -0.39 is 0 Å². The van der Waals surface area contributed by atoms with Crippen LogP contribution in [0.3, 0.4) is 0 Å². The average Bonchev–Trinajstić information content (AvgIpc) is 2.33. The van der Waals surface area contributed by atoms with Gasteiger partial charge in [0.2, 0.25) is 0 Å². The van der Waals surface area contributed by atoms with E-state index in [0.29, 0.717) is 0 Å². The topological polar surface area (TPSA) is 35.2 Å². The van der Waals surface area contributed by atoms with Gasteiger partial charge in [-0.3, -0.25) is 0 Å². The van der Waals surface area contributed by atoms with Crippen molar-refractivity contribution in [3.8, 4) is 5.75 Å². The van der Waals surface area contributed by atoms with Gasteiger partial charge in [-0.2, -0.15) is 0 Å². The molecular formula is C13H13NOS. The highest BCUT2D eigenvalue weighted by Crippen LogP contribution is 2.34. The predicted octanol–water partition coefficient (Wildman–Crippen LogP) is 3.43. The van der Waals surface area contributed by atoms with Crippen molar-refractivity contribution in [2.45, 2.75) is 9.79 Å². The first kappa shape index (κ1) is 10.9. The van der Waals surface area contributed by atoms with Gasteiger partial charge in [-0.05, 0) is 30.3 Å². The van der Waals surface area contributed by atoms with Gasteiger partial charge in [0.05, 0.1) is 7.11 Å². The summed E-state index contributed by atoms with van der Waals surface area (Å²) in [5, 5.41) is 0. The van der Waals surface area contributed by atoms with Crippen LogP contribution >= 0.6 is 11.8 Å². The normalized spacial score (nSPS) is 10.1. The van der Waals surface area contributed by atoms with Crippen LogP contribution in [0.15, 0.2) is 58.3 Å². The Hall–Kier alpha value is -1.61. The SMILES string of the molecule is COc1ccc(N)c(Sc2ccccc2)c1. The molecule has 0 spiro atoms. The molecule has 2 N–H and O–H groups in total. The second-order valence-electron chi connectivity index (χ2n) is 3.32. The molecule has 0 atom stereocenters. The maximum atomic E-state index is 5.92. The maximum absolute atomic E-state index is 5.92. The Bertz CT molecular complexity index is 471. The summed E-state index contributed by atoms with van der Waals surface area (Å²) in [7, 11) is 1.66.